The highest BCUT2D eigenvalue weighted by atomic mass is 35.5. The molecule has 0 unspecified atom stereocenters. The van der Waals surface area contributed by atoms with Crippen molar-refractivity contribution >= 4 is 29.3 Å². The minimum atomic E-state index is -0.443. The number of rotatable bonds is 3. The van der Waals surface area contributed by atoms with E-state index in [1.54, 1.807) is 22.8 Å². The highest BCUT2D eigenvalue weighted by molar-refractivity contribution is 6.31. The number of carbonyl (C=O) groups is 3. The van der Waals surface area contributed by atoms with Gasteiger partial charge >= 0.3 is 0 Å². The summed E-state index contributed by atoms with van der Waals surface area (Å²) in [6.45, 7) is 6.33. The molecule has 0 saturated carbocycles. The average Bonchev–Trinajstić information content (AvgIpc) is 2.82. The molecule has 146 valence electrons. The number of likely N-dealkylation sites (tertiary alicyclic amines) is 1. The molecule has 0 spiro atoms. The average molecular weight is 392 g/mol. The molecule has 0 radical (unpaired) electrons. The topological polar surface area (TPSA) is 60.9 Å². The molecule has 2 atom stereocenters. The van der Waals surface area contributed by atoms with Gasteiger partial charge in [-0.2, -0.15) is 0 Å². The van der Waals surface area contributed by atoms with Gasteiger partial charge in [-0.1, -0.05) is 29.8 Å². The van der Waals surface area contributed by atoms with Crippen molar-refractivity contribution in [3.63, 3.8) is 0 Å². The van der Waals surface area contributed by atoms with Gasteiger partial charge in [0.25, 0.3) is 0 Å². The van der Waals surface area contributed by atoms with E-state index in [1.165, 1.54) is 0 Å². The van der Waals surface area contributed by atoms with Crippen LogP contribution in [0.2, 0.25) is 5.02 Å². The molecular weight excluding hydrogens is 366 g/mol. The van der Waals surface area contributed by atoms with Crippen molar-refractivity contribution in [3.05, 3.63) is 34.9 Å². The van der Waals surface area contributed by atoms with Gasteiger partial charge in [-0.15, -0.1) is 0 Å². The molecule has 2 fully saturated rings. The number of hydrogen-bond acceptors (Lipinski definition) is 3. The van der Waals surface area contributed by atoms with Crippen LogP contribution in [0.1, 0.15) is 38.3 Å². The zero-order valence-corrected chi connectivity index (χ0v) is 16.6. The lowest BCUT2D eigenvalue weighted by Crippen LogP contribution is -2.41. The summed E-state index contributed by atoms with van der Waals surface area (Å²) < 4.78 is 0. The van der Waals surface area contributed by atoms with E-state index in [0.717, 1.165) is 12.0 Å². The normalized spacial score (nSPS) is 23.5. The van der Waals surface area contributed by atoms with Crippen LogP contribution in [-0.4, -0.2) is 65.1 Å². The Morgan fingerprint density at radius 3 is 2.44 bits per heavy atom. The molecule has 6 nitrogen and oxygen atoms in total. The minimum absolute atomic E-state index is 0.0130. The highest BCUT2D eigenvalue weighted by Gasteiger charge is 2.45. The number of halogens is 1. The second-order valence-corrected chi connectivity index (χ2v) is 7.55. The predicted molar refractivity (Wildman–Crippen MR) is 103 cm³/mol. The molecule has 1 aromatic rings. The van der Waals surface area contributed by atoms with Crippen LogP contribution in [0.4, 0.5) is 0 Å². The van der Waals surface area contributed by atoms with Crippen molar-refractivity contribution in [3.8, 4) is 0 Å². The minimum Gasteiger partial charge on any atom is -0.341 e. The van der Waals surface area contributed by atoms with Gasteiger partial charge in [-0.25, -0.2) is 0 Å². The van der Waals surface area contributed by atoms with Crippen LogP contribution in [-0.2, 0) is 14.4 Å². The van der Waals surface area contributed by atoms with Crippen LogP contribution in [0.25, 0.3) is 0 Å². The fourth-order valence-electron chi connectivity index (χ4n) is 4.17. The first-order valence-corrected chi connectivity index (χ1v) is 9.90. The molecule has 7 heteroatoms. The zero-order valence-electron chi connectivity index (χ0n) is 15.9. The van der Waals surface area contributed by atoms with E-state index in [9.17, 15) is 14.4 Å². The summed E-state index contributed by atoms with van der Waals surface area (Å²) in [6, 6.07) is 7.09. The zero-order chi connectivity index (χ0) is 19.6. The molecule has 2 aliphatic heterocycles. The lowest BCUT2D eigenvalue weighted by Gasteiger charge is -2.31. The molecule has 3 rings (SSSR count). The summed E-state index contributed by atoms with van der Waals surface area (Å²) >= 11 is 6.40. The Morgan fingerprint density at radius 2 is 1.78 bits per heavy atom. The molecule has 2 heterocycles. The fourth-order valence-corrected chi connectivity index (χ4v) is 4.42. The third-order valence-corrected chi connectivity index (χ3v) is 5.91. The van der Waals surface area contributed by atoms with Gasteiger partial charge in [0.05, 0.1) is 12.0 Å². The van der Waals surface area contributed by atoms with Gasteiger partial charge < -0.3 is 14.7 Å². The molecule has 2 aliphatic rings. The van der Waals surface area contributed by atoms with Gasteiger partial charge in [0.15, 0.2) is 0 Å². The second-order valence-electron chi connectivity index (χ2n) is 7.14. The molecule has 0 bridgehead atoms. The number of carbonyl (C=O) groups excluding carboxylic acids is 3. The molecule has 1 aromatic carbocycles. The van der Waals surface area contributed by atoms with Crippen LogP contribution in [0.5, 0.6) is 0 Å². The number of hydrogen-bond donors (Lipinski definition) is 0. The standard InChI is InChI=1S/C20H26ClN3O3/c1-3-24-18(26)13-16(19(24)15-7-4-5-8-17(15)21)20(27)23-10-6-9-22(11-12-23)14(2)25/h4-5,7-8,16,19H,3,6,9-13H2,1-2H3/t16-,19+/m1/s1. The Bertz CT molecular complexity index is 739. The molecule has 0 N–H and O–H groups in total. The van der Waals surface area contributed by atoms with Gasteiger partial charge in [-0.05, 0) is 25.0 Å². The summed E-state index contributed by atoms with van der Waals surface area (Å²) in [6.07, 6.45) is 0.954. The molecule has 27 heavy (non-hydrogen) atoms. The number of benzene rings is 1. The van der Waals surface area contributed by atoms with Crippen molar-refractivity contribution in [2.24, 2.45) is 5.92 Å². The quantitative estimate of drug-likeness (QED) is 0.794. The maximum absolute atomic E-state index is 13.3. The summed E-state index contributed by atoms with van der Waals surface area (Å²) in [5.41, 5.74) is 0.824. The Hall–Kier alpha value is -2.08. The van der Waals surface area contributed by atoms with E-state index in [1.807, 2.05) is 30.0 Å². The number of nitrogens with zero attached hydrogens (tertiary/aromatic N) is 3. The first-order chi connectivity index (χ1) is 12.9. The van der Waals surface area contributed by atoms with Crippen LogP contribution in [0.15, 0.2) is 24.3 Å². The molecule has 0 aromatic heterocycles. The van der Waals surface area contributed by atoms with E-state index in [0.29, 0.717) is 37.7 Å². The van der Waals surface area contributed by atoms with Crippen LogP contribution in [0.3, 0.4) is 0 Å². The predicted octanol–water partition coefficient (Wildman–Crippen LogP) is 2.33. The maximum Gasteiger partial charge on any atom is 0.228 e. The van der Waals surface area contributed by atoms with E-state index in [-0.39, 0.29) is 30.2 Å². The van der Waals surface area contributed by atoms with Crippen molar-refractivity contribution in [2.75, 3.05) is 32.7 Å². The van der Waals surface area contributed by atoms with Gasteiger partial charge in [0, 0.05) is 51.1 Å². The van der Waals surface area contributed by atoms with Gasteiger partial charge in [0.2, 0.25) is 17.7 Å². The first kappa shape index (κ1) is 19.7. The Kier molecular flexibility index (Phi) is 6.05. The third kappa shape index (κ3) is 3.95. The first-order valence-electron chi connectivity index (χ1n) is 9.52. The molecular formula is C20H26ClN3O3. The van der Waals surface area contributed by atoms with Crippen molar-refractivity contribution in [2.45, 2.75) is 32.7 Å². The lowest BCUT2D eigenvalue weighted by atomic mass is 9.92. The fraction of sp³-hybridized carbons (Fsp3) is 0.550. The Balaban J connectivity index is 1.85. The van der Waals surface area contributed by atoms with E-state index in [4.69, 9.17) is 11.6 Å². The largest absolute Gasteiger partial charge is 0.341 e. The Morgan fingerprint density at radius 1 is 1.11 bits per heavy atom. The van der Waals surface area contributed by atoms with Crippen molar-refractivity contribution in [1.29, 1.82) is 0 Å². The second kappa shape index (κ2) is 8.30. The summed E-state index contributed by atoms with van der Waals surface area (Å²) in [5.74, 6) is -0.441. The van der Waals surface area contributed by atoms with Gasteiger partial charge in [0.1, 0.15) is 0 Å². The van der Waals surface area contributed by atoms with Crippen LogP contribution in [0, 0.1) is 5.92 Å². The highest BCUT2D eigenvalue weighted by Crippen LogP contribution is 2.41. The smallest absolute Gasteiger partial charge is 0.228 e. The summed E-state index contributed by atoms with van der Waals surface area (Å²) in [5, 5.41) is 0.576. The summed E-state index contributed by atoms with van der Waals surface area (Å²) in [4.78, 5) is 42.9. The molecule has 3 amide bonds. The van der Waals surface area contributed by atoms with Gasteiger partial charge in [-0.3, -0.25) is 14.4 Å². The van der Waals surface area contributed by atoms with E-state index in [2.05, 4.69) is 0 Å². The summed E-state index contributed by atoms with van der Waals surface area (Å²) in [7, 11) is 0. The molecule has 0 aliphatic carbocycles. The Labute approximate surface area is 165 Å². The number of amides is 3. The third-order valence-electron chi connectivity index (χ3n) is 5.57. The lowest BCUT2D eigenvalue weighted by molar-refractivity contribution is -0.137. The SMILES string of the molecule is CCN1C(=O)C[C@@H](C(=O)N2CCCN(C(C)=O)CC2)[C@@H]1c1ccccc1Cl. The van der Waals surface area contributed by atoms with E-state index < -0.39 is 5.92 Å². The van der Waals surface area contributed by atoms with E-state index >= 15 is 0 Å². The van der Waals surface area contributed by atoms with Crippen LogP contribution < -0.4 is 0 Å². The maximum atomic E-state index is 13.3. The van der Waals surface area contributed by atoms with Crippen molar-refractivity contribution < 1.29 is 14.4 Å². The van der Waals surface area contributed by atoms with Crippen molar-refractivity contribution in [1.82, 2.24) is 14.7 Å². The molecule has 2 saturated heterocycles. The monoisotopic (exact) mass is 391 g/mol. The van der Waals surface area contributed by atoms with Crippen LogP contribution >= 0.6 is 11.6 Å².